The summed E-state index contributed by atoms with van der Waals surface area (Å²) in [5.74, 6) is 0.768. The molecule has 0 spiro atoms. The highest BCUT2D eigenvalue weighted by Crippen LogP contribution is 2.32. The van der Waals surface area contributed by atoms with Gasteiger partial charge < -0.3 is 4.90 Å². The van der Waals surface area contributed by atoms with Crippen molar-refractivity contribution in [3.63, 3.8) is 0 Å². The maximum absolute atomic E-state index is 12.9. The zero-order valence-corrected chi connectivity index (χ0v) is 17.0. The molecular weight excluding hydrogens is 342 g/mol. The van der Waals surface area contributed by atoms with Gasteiger partial charge in [-0.15, -0.1) is 11.3 Å². The Hall–Kier alpha value is -1.68. The lowest BCUT2D eigenvalue weighted by atomic mass is 9.86. The Kier molecular flexibility index (Phi) is 6.13. The van der Waals surface area contributed by atoms with Crippen LogP contribution in [-0.2, 0) is 12.8 Å². The quantitative estimate of drug-likeness (QED) is 0.713. The van der Waals surface area contributed by atoms with E-state index in [1.807, 2.05) is 23.1 Å². The predicted molar refractivity (Wildman–Crippen MR) is 110 cm³/mol. The Morgan fingerprint density at radius 3 is 2.58 bits per heavy atom. The zero-order chi connectivity index (χ0) is 18.7. The van der Waals surface area contributed by atoms with Crippen molar-refractivity contribution in [2.75, 3.05) is 13.1 Å². The summed E-state index contributed by atoms with van der Waals surface area (Å²) in [7, 11) is 0. The number of benzene rings is 1. The first-order valence-electron chi connectivity index (χ1n) is 9.96. The first-order valence-corrected chi connectivity index (χ1v) is 10.8. The molecule has 2 aromatic rings. The van der Waals surface area contributed by atoms with Crippen molar-refractivity contribution in [2.24, 2.45) is 5.92 Å². The Morgan fingerprint density at radius 2 is 1.92 bits per heavy atom. The van der Waals surface area contributed by atoms with Crippen LogP contribution in [0.1, 0.15) is 67.3 Å². The molecule has 0 fully saturated rings. The number of hydrogen-bond acceptors (Lipinski definition) is 3. The molecule has 1 heterocycles. The van der Waals surface area contributed by atoms with E-state index < -0.39 is 0 Å². The molecule has 1 unspecified atom stereocenters. The molecular formula is C22H29NO2S. The molecule has 0 N–H and O–H groups in total. The monoisotopic (exact) mass is 371 g/mol. The van der Waals surface area contributed by atoms with Crippen LogP contribution in [0.5, 0.6) is 0 Å². The van der Waals surface area contributed by atoms with E-state index in [1.54, 1.807) is 11.3 Å². The van der Waals surface area contributed by atoms with Gasteiger partial charge in [-0.3, -0.25) is 9.59 Å². The fourth-order valence-electron chi connectivity index (χ4n) is 3.93. The maximum Gasteiger partial charge on any atom is 0.253 e. The van der Waals surface area contributed by atoms with Gasteiger partial charge in [0, 0.05) is 39.2 Å². The van der Waals surface area contributed by atoms with Crippen molar-refractivity contribution in [3.8, 4) is 0 Å². The van der Waals surface area contributed by atoms with Crippen LogP contribution in [-0.4, -0.2) is 23.9 Å². The summed E-state index contributed by atoms with van der Waals surface area (Å²) in [6.45, 7) is 7.98. The first kappa shape index (κ1) is 19.1. The van der Waals surface area contributed by atoms with Gasteiger partial charge in [0.15, 0.2) is 5.43 Å². The van der Waals surface area contributed by atoms with Gasteiger partial charge in [-0.25, -0.2) is 0 Å². The molecule has 140 valence electrons. The van der Waals surface area contributed by atoms with E-state index in [9.17, 15) is 9.59 Å². The highest BCUT2D eigenvalue weighted by Gasteiger charge is 2.22. The third kappa shape index (κ3) is 3.71. The van der Waals surface area contributed by atoms with Gasteiger partial charge in [0.25, 0.3) is 5.91 Å². The van der Waals surface area contributed by atoms with Crippen molar-refractivity contribution in [2.45, 2.75) is 59.3 Å². The van der Waals surface area contributed by atoms with E-state index >= 15 is 0 Å². The standard InChI is InChI=1S/C22H29NO2S/c1-4-11-23(12-5-2)22(25)16-8-10-18-20(14-16)26-19-13-15(6-3)7-9-17(19)21(18)24/h8,10,14-15H,4-7,9,11-13H2,1-3H3. The second kappa shape index (κ2) is 8.34. The van der Waals surface area contributed by atoms with Gasteiger partial charge in [0.05, 0.1) is 0 Å². The summed E-state index contributed by atoms with van der Waals surface area (Å²) in [6, 6.07) is 5.64. The smallest absolute Gasteiger partial charge is 0.253 e. The molecule has 4 heteroatoms. The van der Waals surface area contributed by atoms with Crippen molar-refractivity contribution in [1.82, 2.24) is 4.90 Å². The topological polar surface area (TPSA) is 37.4 Å². The molecule has 0 aliphatic heterocycles. The van der Waals surface area contributed by atoms with Crippen molar-refractivity contribution in [1.29, 1.82) is 0 Å². The molecule has 26 heavy (non-hydrogen) atoms. The van der Waals surface area contributed by atoms with Gasteiger partial charge in [-0.1, -0.05) is 27.2 Å². The second-order valence-electron chi connectivity index (χ2n) is 7.35. The average Bonchev–Trinajstić information content (AvgIpc) is 2.66. The SMILES string of the molecule is CCCN(CCC)C(=O)c1ccc2c(=O)c3c(sc2c1)CC(CC)CC3. The Balaban J connectivity index is 2.00. The molecule has 1 aliphatic rings. The number of nitrogens with zero attached hydrogens (tertiary/aromatic N) is 1. The molecule has 3 rings (SSSR count). The largest absolute Gasteiger partial charge is 0.339 e. The lowest BCUT2D eigenvalue weighted by Crippen LogP contribution is -2.32. The van der Waals surface area contributed by atoms with Crippen LogP contribution in [0.2, 0.25) is 0 Å². The van der Waals surface area contributed by atoms with Crippen LogP contribution >= 0.6 is 11.3 Å². The van der Waals surface area contributed by atoms with Gasteiger partial charge in [-0.05, 0) is 56.2 Å². The number of fused-ring (bicyclic) bond motifs is 2. The summed E-state index contributed by atoms with van der Waals surface area (Å²) in [6.07, 6.45) is 6.12. The average molecular weight is 372 g/mol. The van der Waals surface area contributed by atoms with Crippen LogP contribution < -0.4 is 5.43 Å². The summed E-state index contributed by atoms with van der Waals surface area (Å²) >= 11 is 1.72. The molecule has 3 nitrogen and oxygen atoms in total. The highest BCUT2D eigenvalue weighted by molar-refractivity contribution is 7.18. The predicted octanol–water partition coefficient (Wildman–Crippen LogP) is 5.04. The minimum absolute atomic E-state index is 0.0828. The van der Waals surface area contributed by atoms with E-state index in [-0.39, 0.29) is 11.3 Å². The fourth-order valence-corrected chi connectivity index (χ4v) is 5.29. The molecule has 1 aromatic carbocycles. The minimum Gasteiger partial charge on any atom is -0.339 e. The van der Waals surface area contributed by atoms with Crippen LogP contribution in [0.25, 0.3) is 10.1 Å². The molecule has 0 saturated heterocycles. The molecule has 1 amide bonds. The highest BCUT2D eigenvalue weighted by atomic mass is 32.1. The third-order valence-electron chi connectivity index (χ3n) is 5.45. The van der Waals surface area contributed by atoms with E-state index in [4.69, 9.17) is 0 Å². The van der Waals surface area contributed by atoms with E-state index in [0.29, 0.717) is 11.5 Å². The van der Waals surface area contributed by atoms with Gasteiger partial charge in [-0.2, -0.15) is 0 Å². The molecule has 0 bridgehead atoms. The molecule has 1 atom stereocenters. The van der Waals surface area contributed by atoms with Crippen molar-refractivity contribution >= 4 is 27.3 Å². The number of carbonyl (C=O) groups is 1. The summed E-state index contributed by atoms with van der Waals surface area (Å²) in [5, 5.41) is 0.776. The van der Waals surface area contributed by atoms with Gasteiger partial charge >= 0.3 is 0 Å². The van der Waals surface area contributed by atoms with E-state index in [1.165, 1.54) is 11.3 Å². The number of hydrogen-bond donors (Lipinski definition) is 0. The van der Waals surface area contributed by atoms with Crippen molar-refractivity contribution in [3.05, 3.63) is 44.4 Å². The Bertz CT molecular complexity index is 849. The van der Waals surface area contributed by atoms with Crippen LogP contribution in [0, 0.1) is 5.92 Å². The van der Waals surface area contributed by atoms with E-state index in [2.05, 4.69) is 20.8 Å². The fraction of sp³-hybridized carbons (Fsp3) is 0.545. The third-order valence-corrected chi connectivity index (χ3v) is 6.66. The van der Waals surface area contributed by atoms with Gasteiger partial charge in [0.1, 0.15) is 0 Å². The summed E-state index contributed by atoms with van der Waals surface area (Å²) in [5.41, 5.74) is 1.91. The van der Waals surface area contributed by atoms with Crippen LogP contribution in [0.3, 0.4) is 0 Å². The zero-order valence-electron chi connectivity index (χ0n) is 16.1. The van der Waals surface area contributed by atoms with Crippen LogP contribution in [0.4, 0.5) is 0 Å². The Morgan fingerprint density at radius 1 is 1.19 bits per heavy atom. The Labute approximate surface area is 160 Å². The molecule has 0 saturated carbocycles. The first-order chi connectivity index (χ1) is 12.6. The number of amides is 1. The molecule has 1 aliphatic carbocycles. The van der Waals surface area contributed by atoms with Crippen molar-refractivity contribution < 1.29 is 4.79 Å². The lowest BCUT2D eigenvalue weighted by molar-refractivity contribution is 0.0756. The molecule has 1 aromatic heterocycles. The number of rotatable bonds is 6. The molecule has 0 radical (unpaired) electrons. The minimum atomic E-state index is 0.0828. The normalized spacial score (nSPS) is 16.5. The second-order valence-corrected chi connectivity index (χ2v) is 8.49. The summed E-state index contributed by atoms with van der Waals surface area (Å²) in [4.78, 5) is 29.0. The lowest BCUT2D eigenvalue weighted by Gasteiger charge is -2.23. The van der Waals surface area contributed by atoms with Crippen LogP contribution in [0.15, 0.2) is 23.0 Å². The van der Waals surface area contributed by atoms with Gasteiger partial charge in [0.2, 0.25) is 0 Å². The maximum atomic E-state index is 12.9. The van der Waals surface area contributed by atoms with E-state index in [0.717, 1.165) is 60.8 Å². The summed E-state index contributed by atoms with van der Waals surface area (Å²) < 4.78 is 0.962. The number of carbonyl (C=O) groups excluding carboxylic acids is 1.